The number of amides is 2. The number of hydrogen-bond acceptors (Lipinski definition) is 6. The first kappa shape index (κ1) is 17.8. The third-order valence-corrected chi connectivity index (χ3v) is 5.94. The smallest absolute Gasteiger partial charge is 0.228 e. The molecular weight excluding hydrogens is 364 g/mol. The van der Waals surface area contributed by atoms with E-state index in [2.05, 4.69) is 9.88 Å². The van der Waals surface area contributed by atoms with Crippen LogP contribution in [0.2, 0.25) is 0 Å². The molecule has 0 aliphatic carbocycles. The molecule has 0 spiro atoms. The van der Waals surface area contributed by atoms with Crippen LogP contribution in [0.15, 0.2) is 29.6 Å². The molecule has 2 aliphatic heterocycles. The minimum Gasteiger partial charge on any atom is -0.506 e. The Morgan fingerprint density at radius 3 is 2.63 bits per heavy atom. The molecule has 0 atom stereocenters. The van der Waals surface area contributed by atoms with Crippen LogP contribution in [-0.2, 0) is 16.0 Å². The molecular formula is C19H22N4O3S. The molecule has 1 N–H and O–H groups in total. The Morgan fingerprint density at radius 1 is 1.15 bits per heavy atom. The Morgan fingerprint density at radius 2 is 1.93 bits per heavy atom. The highest BCUT2D eigenvalue weighted by Gasteiger charge is 2.26. The third-order valence-electron chi connectivity index (χ3n) is 5.03. The third kappa shape index (κ3) is 3.75. The van der Waals surface area contributed by atoms with Crippen molar-refractivity contribution in [3.8, 4) is 5.75 Å². The summed E-state index contributed by atoms with van der Waals surface area (Å²) in [4.78, 5) is 34.6. The number of carbonyl (C=O) groups is 2. The number of piperazine rings is 1. The van der Waals surface area contributed by atoms with Gasteiger partial charge in [0, 0.05) is 44.5 Å². The van der Waals surface area contributed by atoms with Crippen molar-refractivity contribution in [2.75, 3.05) is 42.5 Å². The lowest BCUT2D eigenvalue weighted by Crippen LogP contribution is -2.49. The van der Waals surface area contributed by atoms with Crippen molar-refractivity contribution in [2.45, 2.75) is 19.3 Å². The molecule has 8 heteroatoms. The van der Waals surface area contributed by atoms with Gasteiger partial charge in [0.15, 0.2) is 5.13 Å². The highest BCUT2D eigenvalue weighted by Crippen LogP contribution is 2.28. The Balaban J connectivity index is 1.33. The summed E-state index contributed by atoms with van der Waals surface area (Å²) in [7, 11) is 0. The number of phenols is 1. The quantitative estimate of drug-likeness (QED) is 0.868. The van der Waals surface area contributed by atoms with E-state index in [1.165, 1.54) is 11.3 Å². The molecule has 1 aromatic carbocycles. The number of nitrogens with zero attached hydrogens (tertiary/aromatic N) is 4. The molecule has 7 nitrogen and oxygen atoms in total. The number of hydrogen-bond donors (Lipinski definition) is 1. The Bertz CT molecular complexity index is 845. The standard InChI is InChI=1S/C19H22N4O3S/c24-16-5-2-1-4-15(16)21-8-10-22(11-9-21)18(26)12-14-13-27-19(20-14)23-7-3-6-17(23)25/h1-2,4-5,13,24H,3,6-12H2. The number of para-hydroxylation sites is 2. The van der Waals surface area contributed by atoms with Gasteiger partial charge in [0.25, 0.3) is 0 Å². The van der Waals surface area contributed by atoms with Gasteiger partial charge >= 0.3 is 0 Å². The molecule has 3 heterocycles. The van der Waals surface area contributed by atoms with E-state index in [-0.39, 0.29) is 24.0 Å². The largest absolute Gasteiger partial charge is 0.506 e. The lowest BCUT2D eigenvalue weighted by molar-refractivity contribution is -0.130. The molecule has 142 valence electrons. The Hall–Kier alpha value is -2.61. The highest BCUT2D eigenvalue weighted by atomic mass is 32.1. The van der Waals surface area contributed by atoms with Crippen LogP contribution < -0.4 is 9.80 Å². The van der Waals surface area contributed by atoms with Gasteiger partial charge in [-0.1, -0.05) is 12.1 Å². The van der Waals surface area contributed by atoms with Gasteiger partial charge in [-0.05, 0) is 18.6 Å². The van der Waals surface area contributed by atoms with Gasteiger partial charge in [-0.3, -0.25) is 14.5 Å². The van der Waals surface area contributed by atoms with E-state index in [1.807, 2.05) is 22.4 Å². The van der Waals surface area contributed by atoms with Gasteiger partial charge in [-0.25, -0.2) is 4.98 Å². The van der Waals surface area contributed by atoms with E-state index >= 15 is 0 Å². The minimum atomic E-state index is 0.0523. The number of anilines is 2. The van der Waals surface area contributed by atoms with Gasteiger partial charge in [0.05, 0.1) is 17.8 Å². The van der Waals surface area contributed by atoms with E-state index in [0.29, 0.717) is 44.3 Å². The van der Waals surface area contributed by atoms with Crippen LogP contribution in [0.25, 0.3) is 0 Å². The van der Waals surface area contributed by atoms with E-state index in [0.717, 1.165) is 17.8 Å². The van der Waals surface area contributed by atoms with Crippen molar-refractivity contribution in [3.63, 3.8) is 0 Å². The summed E-state index contributed by atoms with van der Waals surface area (Å²) >= 11 is 1.43. The van der Waals surface area contributed by atoms with Crippen LogP contribution in [0.4, 0.5) is 10.8 Å². The fourth-order valence-electron chi connectivity index (χ4n) is 3.55. The summed E-state index contributed by atoms with van der Waals surface area (Å²) < 4.78 is 0. The molecule has 0 radical (unpaired) electrons. The maximum absolute atomic E-state index is 12.6. The van der Waals surface area contributed by atoms with Gasteiger partial charge in [0.1, 0.15) is 5.75 Å². The zero-order valence-corrected chi connectivity index (χ0v) is 15.8. The summed E-state index contributed by atoms with van der Waals surface area (Å²) in [5.74, 6) is 0.433. The highest BCUT2D eigenvalue weighted by molar-refractivity contribution is 7.14. The number of aromatic hydroxyl groups is 1. The first-order chi connectivity index (χ1) is 13.1. The predicted molar refractivity (Wildman–Crippen MR) is 104 cm³/mol. The summed E-state index contributed by atoms with van der Waals surface area (Å²) in [5, 5.41) is 12.6. The van der Waals surface area contributed by atoms with Crippen molar-refractivity contribution in [3.05, 3.63) is 35.3 Å². The number of aromatic nitrogens is 1. The van der Waals surface area contributed by atoms with Gasteiger partial charge < -0.3 is 14.9 Å². The van der Waals surface area contributed by atoms with Gasteiger partial charge in [-0.15, -0.1) is 11.3 Å². The van der Waals surface area contributed by atoms with Crippen molar-refractivity contribution >= 4 is 34.0 Å². The zero-order valence-electron chi connectivity index (χ0n) is 15.0. The molecule has 0 bridgehead atoms. The number of thiazole rings is 1. The Labute approximate surface area is 161 Å². The first-order valence-corrected chi connectivity index (χ1v) is 10.1. The van der Waals surface area contributed by atoms with Crippen LogP contribution in [-0.4, -0.2) is 59.5 Å². The second kappa shape index (κ2) is 7.56. The maximum atomic E-state index is 12.6. The van der Waals surface area contributed by atoms with E-state index < -0.39 is 0 Å². The van der Waals surface area contributed by atoms with Crippen LogP contribution >= 0.6 is 11.3 Å². The Kier molecular flexibility index (Phi) is 4.98. The molecule has 2 amide bonds. The molecule has 4 rings (SSSR count). The summed E-state index contributed by atoms with van der Waals surface area (Å²) in [6.07, 6.45) is 1.71. The topological polar surface area (TPSA) is 77.0 Å². The maximum Gasteiger partial charge on any atom is 0.228 e. The second-order valence-corrected chi connectivity index (χ2v) is 7.64. The van der Waals surface area contributed by atoms with Crippen LogP contribution in [0.5, 0.6) is 5.75 Å². The molecule has 2 aromatic rings. The summed E-state index contributed by atoms with van der Waals surface area (Å²) in [5.41, 5.74) is 1.53. The van der Waals surface area contributed by atoms with Crippen LogP contribution in [0.3, 0.4) is 0 Å². The number of benzene rings is 1. The first-order valence-electron chi connectivity index (χ1n) is 9.17. The zero-order chi connectivity index (χ0) is 18.8. The predicted octanol–water partition coefficient (Wildman–Crippen LogP) is 1.87. The minimum absolute atomic E-state index is 0.0523. The normalized spacial score (nSPS) is 17.6. The van der Waals surface area contributed by atoms with Crippen LogP contribution in [0, 0.1) is 0 Å². The van der Waals surface area contributed by atoms with Crippen molar-refractivity contribution in [1.82, 2.24) is 9.88 Å². The fourth-order valence-corrected chi connectivity index (χ4v) is 4.41. The van der Waals surface area contributed by atoms with Crippen molar-refractivity contribution in [2.24, 2.45) is 0 Å². The second-order valence-electron chi connectivity index (χ2n) is 6.80. The number of carbonyl (C=O) groups excluding carboxylic acids is 2. The summed E-state index contributed by atoms with van der Waals surface area (Å²) in [6.45, 7) is 3.33. The molecule has 2 fully saturated rings. The van der Waals surface area contributed by atoms with E-state index in [1.54, 1.807) is 17.0 Å². The average Bonchev–Trinajstić information content (AvgIpc) is 3.31. The summed E-state index contributed by atoms with van der Waals surface area (Å²) in [6, 6.07) is 7.27. The lowest BCUT2D eigenvalue weighted by atomic mass is 10.2. The van der Waals surface area contributed by atoms with E-state index in [9.17, 15) is 14.7 Å². The number of phenolic OH excluding ortho intramolecular Hbond substituents is 1. The van der Waals surface area contributed by atoms with Crippen molar-refractivity contribution in [1.29, 1.82) is 0 Å². The van der Waals surface area contributed by atoms with E-state index in [4.69, 9.17) is 0 Å². The molecule has 0 unspecified atom stereocenters. The van der Waals surface area contributed by atoms with Gasteiger partial charge in [-0.2, -0.15) is 0 Å². The molecule has 1 aromatic heterocycles. The lowest BCUT2D eigenvalue weighted by Gasteiger charge is -2.36. The molecule has 2 saturated heterocycles. The molecule has 27 heavy (non-hydrogen) atoms. The number of rotatable bonds is 4. The average molecular weight is 386 g/mol. The van der Waals surface area contributed by atoms with Crippen LogP contribution in [0.1, 0.15) is 18.5 Å². The molecule has 2 aliphatic rings. The fraction of sp³-hybridized carbons (Fsp3) is 0.421. The molecule has 0 saturated carbocycles. The monoisotopic (exact) mass is 386 g/mol. The van der Waals surface area contributed by atoms with Gasteiger partial charge in [0.2, 0.25) is 11.8 Å². The SMILES string of the molecule is O=C(Cc1csc(N2CCCC2=O)n1)N1CCN(c2ccccc2O)CC1. The van der Waals surface area contributed by atoms with Crippen molar-refractivity contribution < 1.29 is 14.7 Å².